The van der Waals surface area contributed by atoms with Gasteiger partial charge < -0.3 is 10.0 Å². The van der Waals surface area contributed by atoms with E-state index in [0.29, 0.717) is 24.2 Å². The standard InChI is InChI=1S/C37H51FN4O2/c1-6-42-35(22-32(39-42)19-27-12-10-26(4)11-13-27)28-14-16-41(17-15-28)24-30-21-33(40(5)36(37(43)44)18-25(2)3)23-34(30)29-8-7-9-31(38)20-29/h7-13,20,22,25,28,30,33-34,36H,6,14-19,21,23-24H2,1-5H3,(H,43,44)/t30-,33?,34-,36-/m1/s1. The van der Waals surface area contributed by atoms with Crippen LogP contribution in [-0.4, -0.2) is 69.4 Å². The van der Waals surface area contributed by atoms with E-state index in [0.717, 1.165) is 69.5 Å². The maximum Gasteiger partial charge on any atom is 0.320 e. The van der Waals surface area contributed by atoms with Gasteiger partial charge in [0, 0.05) is 37.2 Å². The molecule has 0 radical (unpaired) electrons. The van der Waals surface area contributed by atoms with Crippen LogP contribution in [0.15, 0.2) is 54.6 Å². The van der Waals surface area contributed by atoms with Crippen LogP contribution >= 0.6 is 0 Å². The lowest BCUT2D eigenvalue weighted by Crippen LogP contribution is -2.45. The van der Waals surface area contributed by atoms with Gasteiger partial charge in [-0.1, -0.05) is 55.8 Å². The third kappa shape index (κ3) is 7.78. The zero-order chi connectivity index (χ0) is 31.4. The van der Waals surface area contributed by atoms with Gasteiger partial charge in [-0.25, -0.2) is 4.39 Å². The van der Waals surface area contributed by atoms with Crippen molar-refractivity contribution in [2.24, 2.45) is 11.8 Å². The summed E-state index contributed by atoms with van der Waals surface area (Å²) in [6.07, 6.45) is 5.49. The average Bonchev–Trinajstić information content (AvgIpc) is 3.61. The molecule has 5 rings (SSSR count). The molecule has 1 aliphatic carbocycles. The Hall–Kier alpha value is -3.03. The van der Waals surface area contributed by atoms with E-state index >= 15 is 0 Å². The lowest BCUT2D eigenvalue weighted by atomic mass is 9.87. The van der Waals surface area contributed by atoms with Crippen molar-refractivity contribution in [3.63, 3.8) is 0 Å². The molecule has 1 unspecified atom stereocenters. The van der Waals surface area contributed by atoms with Crippen molar-refractivity contribution in [1.82, 2.24) is 19.6 Å². The van der Waals surface area contributed by atoms with Gasteiger partial charge in [-0.15, -0.1) is 0 Å². The predicted molar refractivity (Wildman–Crippen MR) is 175 cm³/mol. The van der Waals surface area contributed by atoms with E-state index in [2.05, 4.69) is 78.6 Å². The quantitative estimate of drug-likeness (QED) is 0.239. The Kier molecular flexibility index (Phi) is 10.6. The highest BCUT2D eigenvalue weighted by Crippen LogP contribution is 2.43. The number of nitrogens with zero attached hydrogens (tertiary/aromatic N) is 4. The number of carboxylic acid groups (broad SMARTS) is 1. The van der Waals surface area contributed by atoms with E-state index in [4.69, 9.17) is 5.10 Å². The molecule has 1 aliphatic heterocycles. The van der Waals surface area contributed by atoms with Crippen molar-refractivity contribution in [3.05, 3.63) is 88.5 Å². The maximum absolute atomic E-state index is 14.3. The van der Waals surface area contributed by atoms with Crippen LogP contribution < -0.4 is 0 Å². The number of hydrogen-bond acceptors (Lipinski definition) is 4. The van der Waals surface area contributed by atoms with Gasteiger partial charge in [0.1, 0.15) is 11.9 Å². The number of benzene rings is 2. The molecule has 1 aromatic heterocycles. The largest absolute Gasteiger partial charge is 0.480 e. The first-order valence-corrected chi connectivity index (χ1v) is 16.7. The molecule has 44 heavy (non-hydrogen) atoms. The molecule has 3 aromatic rings. The van der Waals surface area contributed by atoms with Gasteiger partial charge in [0.2, 0.25) is 0 Å². The lowest BCUT2D eigenvalue weighted by Gasteiger charge is -2.35. The Labute approximate surface area is 263 Å². The van der Waals surface area contributed by atoms with Crippen molar-refractivity contribution in [3.8, 4) is 0 Å². The zero-order valence-corrected chi connectivity index (χ0v) is 27.3. The third-order valence-corrected chi connectivity index (χ3v) is 10.2. The fourth-order valence-corrected chi connectivity index (χ4v) is 7.73. The van der Waals surface area contributed by atoms with E-state index in [9.17, 15) is 14.3 Å². The molecule has 4 atom stereocenters. The molecule has 6 nitrogen and oxygen atoms in total. The first-order chi connectivity index (χ1) is 21.1. The second-order valence-electron chi connectivity index (χ2n) is 13.8. The summed E-state index contributed by atoms with van der Waals surface area (Å²) in [7, 11) is 1.98. The van der Waals surface area contributed by atoms with E-state index in [-0.39, 0.29) is 17.8 Å². The number of likely N-dealkylation sites (N-methyl/N-ethyl adjacent to an activating group) is 1. The minimum atomic E-state index is -0.748. The molecular formula is C37H51FN4O2. The first kappa shape index (κ1) is 32.4. The zero-order valence-electron chi connectivity index (χ0n) is 27.3. The summed E-state index contributed by atoms with van der Waals surface area (Å²) in [6.45, 7) is 12.4. The van der Waals surface area contributed by atoms with Crippen LogP contribution in [-0.2, 0) is 17.8 Å². The smallest absolute Gasteiger partial charge is 0.320 e. The van der Waals surface area contributed by atoms with Gasteiger partial charge in [0.15, 0.2) is 0 Å². The number of aliphatic carboxylic acids is 1. The van der Waals surface area contributed by atoms with Gasteiger partial charge in [-0.05, 0) is 113 Å². The predicted octanol–water partition coefficient (Wildman–Crippen LogP) is 7.11. The Morgan fingerprint density at radius 3 is 2.45 bits per heavy atom. The number of aryl methyl sites for hydroxylation is 2. The molecule has 2 heterocycles. The van der Waals surface area contributed by atoms with Crippen LogP contribution in [0.3, 0.4) is 0 Å². The van der Waals surface area contributed by atoms with E-state index < -0.39 is 12.0 Å². The highest BCUT2D eigenvalue weighted by molar-refractivity contribution is 5.73. The van der Waals surface area contributed by atoms with Gasteiger partial charge in [0.25, 0.3) is 0 Å². The summed E-state index contributed by atoms with van der Waals surface area (Å²) in [4.78, 5) is 16.9. The van der Waals surface area contributed by atoms with Gasteiger partial charge >= 0.3 is 5.97 Å². The topological polar surface area (TPSA) is 61.6 Å². The highest BCUT2D eigenvalue weighted by Gasteiger charge is 2.41. The van der Waals surface area contributed by atoms with E-state index in [1.54, 1.807) is 6.07 Å². The summed E-state index contributed by atoms with van der Waals surface area (Å²) in [6, 6.07) is 17.8. The number of carboxylic acids is 1. The van der Waals surface area contributed by atoms with Crippen molar-refractivity contribution in [1.29, 1.82) is 0 Å². The summed E-state index contributed by atoms with van der Waals surface area (Å²) in [5.41, 5.74) is 6.12. The number of hydrogen-bond donors (Lipinski definition) is 1. The number of rotatable bonds is 12. The number of halogens is 1. The summed E-state index contributed by atoms with van der Waals surface area (Å²) < 4.78 is 16.5. The summed E-state index contributed by atoms with van der Waals surface area (Å²) in [5.74, 6) is 0.434. The molecule has 2 aliphatic rings. The molecule has 1 saturated heterocycles. The van der Waals surface area contributed by atoms with Crippen LogP contribution in [0, 0.1) is 24.6 Å². The van der Waals surface area contributed by atoms with E-state index in [1.165, 1.54) is 22.9 Å². The minimum Gasteiger partial charge on any atom is -0.480 e. The Morgan fingerprint density at radius 2 is 1.82 bits per heavy atom. The molecule has 7 heteroatoms. The molecule has 0 amide bonds. The number of carbonyl (C=O) groups is 1. The molecule has 0 bridgehead atoms. The molecular weight excluding hydrogens is 551 g/mol. The van der Waals surface area contributed by atoms with Crippen molar-refractivity contribution >= 4 is 5.97 Å². The normalized spacial score (nSPS) is 22.2. The highest BCUT2D eigenvalue weighted by atomic mass is 19.1. The molecule has 238 valence electrons. The lowest BCUT2D eigenvalue weighted by molar-refractivity contribution is -0.144. The fourth-order valence-electron chi connectivity index (χ4n) is 7.73. The second kappa shape index (κ2) is 14.4. The number of likely N-dealkylation sites (tertiary alicyclic amines) is 1. The van der Waals surface area contributed by atoms with Crippen molar-refractivity contribution in [2.75, 3.05) is 26.7 Å². The molecule has 1 saturated carbocycles. The molecule has 2 aromatic carbocycles. The van der Waals surface area contributed by atoms with Gasteiger partial charge in [0.05, 0.1) is 5.69 Å². The van der Waals surface area contributed by atoms with Crippen LogP contribution in [0.5, 0.6) is 0 Å². The third-order valence-electron chi connectivity index (χ3n) is 10.2. The molecule has 2 fully saturated rings. The second-order valence-corrected chi connectivity index (χ2v) is 13.8. The van der Waals surface area contributed by atoms with Crippen molar-refractivity contribution < 1.29 is 14.3 Å². The number of piperidine rings is 1. The van der Waals surface area contributed by atoms with Crippen LogP contribution in [0.4, 0.5) is 4.39 Å². The minimum absolute atomic E-state index is 0.163. The fraction of sp³-hybridized carbons (Fsp3) is 0.568. The van der Waals surface area contributed by atoms with E-state index in [1.807, 2.05) is 13.1 Å². The Morgan fingerprint density at radius 1 is 1.09 bits per heavy atom. The number of aromatic nitrogens is 2. The molecule has 1 N–H and O–H groups in total. The van der Waals surface area contributed by atoms with Crippen molar-refractivity contribution in [2.45, 2.75) is 96.7 Å². The van der Waals surface area contributed by atoms with Crippen LogP contribution in [0.2, 0.25) is 0 Å². The van der Waals surface area contributed by atoms with Crippen LogP contribution in [0.25, 0.3) is 0 Å². The van der Waals surface area contributed by atoms with Gasteiger partial charge in [-0.2, -0.15) is 5.10 Å². The Balaban J connectivity index is 1.25. The summed E-state index contributed by atoms with van der Waals surface area (Å²) >= 11 is 0. The average molecular weight is 603 g/mol. The Bertz CT molecular complexity index is 1380. The monoisotopic (exact) mass is 602 g/mol. The molecule has 0 spiro atoms. The first-order valence-electron chi connectivity index (χ1n) is 16.7. The summed E-state index contributed by atoms with van der Waals surface area (Å²) in [5, 5.41) is 15.0. The van der Waals surface area contributed by atoms with Gasteiger partial charge in [-0.3, -0.25) is 14.4 Å². The maximum atomic E-state index is 14.3. The van der Waals surface area contributed by atoms with Crippen LogP contribution in [0.1, 0.15) is 92.8 Å². The SMILES string of the molecule is CCn1nc(Cc2ccc(C)cc2)cc1C1CCN(C[C@H]2CC(N(C)[C@H](CC(C)C)C(=O)O)C[C@@H]2c2cccc(F)c2)CC1.